The average Bonchev–Trinajstić information content (AvgIpc) is 2.46. The molecule has 1 nitrogen and oxygen atoms in total. The van der Waals surface area contributed by atoms with Crippen molar-refractivity contribution in [2.45, 2.75) is 71.7 Å². The molecule has 0 spiro atoms. The molecule has 2 aliphatic rings. The first-order valence-corrected chi connectivity index (χ1v) is 8.86. The number of rotatable bonds is 5. The molecule has 0 N–H and O–H groups in total. The molecule has 1 heterocycles. The van der Waals surface area contributed by atoms with E-state index in [1.54, 1.807) is 0 Å². The molecule has 0 amide bonds. The van der Waals surface area contributed by atoms with Gasteiger partial charge in [0.1, 0.15) is 7.28 Å². The summed E-state index contributed by atoms with van der Waals surface area (Å²) in [4.78, 5) is 2.73. The van der Waals surface area contributed by atoms with Crippen molar-refractivity contribution in [3.63, 3.8) is 0 Å². The first-order valence-electron chi connectivity index (χ1n) is 8.86. The Morgan fingerprint density at radius 3 is 2.70 bits per heavy atom. The van der Waals surface area contributed by atoms with Gasteiger partial charge in [0, 0.05) is 6.04 Å². The topological polar surface area (TPSA) is 3.24 Å². The fourth-order valence-electron chi connectivity index (χ4n) is 4.49. The lowest BCUT2D eigenvalue weighted by Gasteiger charge is -2.42. The van der Waals surface area contributed by atoms with Gasteiger partial charge in [0.2, 0.25) is 0 Å². The molecular formula is C18H33BN. The minimum Gasteiger partial charge on any atom is -0.301 e. The second kappa shape index (κ2) is 7.68. The number of nitrogens with zero attached hydrogens (tertiary/aromatic N) is 1. The summed E-state index contributed by atoms with van der Waals surface area (Å²) in [6.07, 6.45) is 9.97. The third-order valence-corrected chi connectivity index (χ3v) is 5.79. The van der Waals surface area contributed by atoms with Gasteiger partial charge in [0.15, 0.2) is 0 Å². The Hall–Kier alpha value is -0.235. The van der Waals surface area contributed by atoms with Gasteiger partial charge < -0.3 is 4.90 Å². The molecule has 2 rings (SSSR count). The van der Waals surface area contributed by atoms with Gasteiger partial charge in [-0.05, 0) is 56.5 Å². The van der Waals surface area contributed by atoms with Gasteiger partial charge in [-0.2, -0.15) is 0 Å². The zero-order chi connectivity index (χ0) is 14.5. The summed E-state index contributed by atoms with van der Waals surface area (Å²) in [5.41, 5.74) is 1.38. The number of allylic oxidation sites excluding steroid dienone is 1. The predicted octanol–water partition coefficient (Wildman–Crippen LogP) is 4.57. The molecule has 1 saturated carbocycles. The summed E-state index contributed by atoms with van der Waals surface area (Å²) in [6, 6.07) is 0.811. The second-order valence-electron chi connectivity index (χ2n) is 7.24. The maximum Gasteiger partial charge on any atom is 0.142 e. The molecule has 0 aromatic carbocycles. The molecule has 113 valence electrons. The van der Waals surface area contributed by atoms with Gasteiger partial charge >= 0.3 is 0 Å². The predicted molar refractivity (Wildman–Crippen MR) is 90.3 cm³/mol. The highest BCUT2D eigenvalue weighted by molar-refractivity contribution is 6.43. The Morgan fingerprint density at radius 2 is 2.05 bits per heavy atom. The number of hydrogen-bond donors (Lipinski definition) is 0. The molecule has 1 aliphatic carbocycles. The summed E-state index contributed by atoms with van der Waals surface area (Å²) >= 11 is 0. The Kier molecular flexibility index (Phi) is 6.20. The molecule has 2 unspecified atom stereocenters. The van der Waals surface area contributed by atoms with Gasteiger partial charge in [-0.1, -0.05) is 39.9 Å². The van der Waals surface area contributed by atoms with Crippen LogP contribution in [0.15, 0.2) is 12.1 Å². The van der Waals surface area contributed by atoms with Gasteiger partial charge in [0.05, 0.1) is 0 Å². The first-order chi connectivity index (χ1) is 9.63. The van der Waals surface area contributed by atoms with Crippen molar-refractivity contribution in [2.75, 3.05) is 13.1 Å². The summed E-state index contributed by atoms with van der Waals surface area (Å²) in [5, 5.41) is 0. The first kappa shape index (κ1) is 16.1. The Balaban J connectivity index is 1.92. The zero-order valence-electron chi connectivity index (χ0n) is 13.9. The second-order valence-corrected chi connectivity index (χ2v) is 7.24. The third-order valence-electron chi connectivity index (χ3n) is 5.79. The van der Waals surface area contributed by atoms with E-state index < -0.39 is 0 Å². The van der Waals surface area contributed by atoms with E-state index in [0.717, 1.165) is 23.8 Å². The minimum atomic E-state index is 0.744. The quantitative estimate of drug-likeness (QED) is 0.664. The van der Waals surface area contributed by atoms with Crippen LogP contribution in [-0.2, 0) is 0 Å². The average molecular weight is 274 g/mol. The van der Waals surface area contributed by atoms with E-state index in [1.807, 2.05) is 0 Å². The van der Waals surface area contributed by atoms with E-state index in [-0.39, 0.29) is 0 Å². The Labute approximate surface area is 127 Å². The van der Waals surface area contributed by atoms with Crippen molar-refractivity contribution in [3.05, 3.63) is 12.1 Å². The lowest BCUT2D eigenvalue weighted by molar-refractivity contribution is 0.0982. The van der Waals surface area contributed by atoms with E-state index in [0.29, 0.717) is 0 Å². The van der Waals surface area contributed by atoms with E-state index in [4.69, 9.17) is 0 Å². The molecule has 2 fully saturated rings. The standard InChI is InChI=1S/C18H33BN/c1-5-20-10-9-17(15(3)19-4)13-18(20)12-16-8-6-7-14(2)11-16/h14,16-18H,3,5-13H2,1-2,4H3/t14-,16+,17?,18?/m1/s1. The highest BCUT2D eigenvalue weighted by Gasteiger charge is 2.31. The fourth-order valence-corrected chi connectivity index (χ4v) is 4.49. The van der Waals surface area contributed by atoms with Gasteiger partial charge in [-0.15, -0.1) is 12.1 Å². The maximum absolute atomic E-state index is 4.27. The Morgan fingerprint density at radius 1 is 1.25 bits per heavy atom. The monoisotopic (exact) mass is 274 g/mol. The largest absolute Gasteiger partial charge is 0.301 e. The van der Waals surface area contributed by atoms with Crippen LogP contribution in [0.4, 0.5) is 0 Å². The molecule has 20 heavy (non-hydrogen) atoms. The van der Waals surface area contributed by atoms with Crippen molar-refractivity contribution in [1.82, 2.24) is 4.90 Å². The zero-order valence-corrected chi connectivity index (χ0v) is 13.9. The lowest BCUT2D eigenvalue weighted by atomic mass is 9.64. The molecule has 4 atom stereocenters. The van der Waals surface area contributed by atoms with Crippen LogP contribution in [0.3, 0.4) is 0 Å². The van der Waals surface area contributed by atoms with Crippen molar-refractivity contribution in [1.29, 1.82) is 0 Å². The van der Waals surface area contributed by atoms with Crippen LogP contribution in [0.25, 0.3) is 0 Å². The summed E-state index contributed by atoms with van der Waals surface area (Å²) in [5.74, 6) is 2.69. The van der Waals surface area contributed by atoms with Gasteiger partial charge in [0.25, 0.3) is 0 Å². The van der Waals surface area contributed by atoms with Crippen molar-refractivity contribution in [2.24, 2.45) is 17.8 Å². The minimum absolute atomic E-state index is 0.744. The van der Waals surface area contributed by atoms with Crippen molar-refractivity contribution in [3.8, 4) is 0 Å². The van der Waals surface area contributed by atoms with Crippen LogP contribution < -0.4 is 0 Å². The molecule has 1 saturated heterocycles. The Bertz CT molecular complexity index is 315. The summed E-state index contributed by atoms with van der Waals surface area (Å²) < 4.78 is 0. The highest BCUT2D eigenvalue weighted by atomic mass is 15.2. The van der Waals surface area contributed by atoms with Gasteiger partial charge in [-0.25, -0.2) is 0 Å². The molecular weight excluding hydrogens is 241 g/mol. The number of piperidine rings is 1. The third kappa shape index (κ3) is 4.13. The van der Waals surface area contributed by atoms with E-state index in [2.05, 4.69) is 39.4 Å². The SMILES string of the molecule is C=C([B]C)C1CCN(CC)C(C[C@H]2CCC[C@@H](C)C2)C1. The van der Waals surface area contributed by atoms with Gasteiger partial charge in [-0.3, -0.25) is 0 Å². The van der Waals surface area contributed by atoms with Crippen molar-refractivity contribution >= 4 is 7.28 Å². The van der Waals surface area contributed by atoms with E-state index >= 15 is 0 Å². The van der Waals surface area contributed by atoms with Crippen LogP contribution >= 0.6 is 0 Å². The molecule has 1 aliphatic heterocycles. The van der Waals surface area contributed by atoms with Crippen LogP contribution in [0, 0.1) is 17.8 Å². The summed E-state index contributed by atoms with van der Waals surface area (Å²) in [6.45, 7) is 13.7. The molecule has 0 bridgehead atoms. The van der Waals surface area contributed by atoms with Crippen LogP contribution in [0.1, 0.15) is 58.8 Å². The van der Waals surface area contributed by atoms with Crippen LogP contribution in [0.5, 0.6) is 0 Å². The van der Waals surface area contributed by atoms with E-state index in [1.165, 1.54) is 63.5 Å². The normalized spacial score (nSPS) is 35.8. The fraction of sp³-hybridized carbons (Fsp3) is 0.889. The number of hydrogen-bond acceptors (Lipinski definition) is 1. The van der Waals surface area contributed by atoms with Crippen LogP contribution in [-0.4, -0.2) is 31.3 Å². The number of likely N-dealkylation sites (tertiary alicyclic amines) is 1. The summed E-state index contributed by atoms with van der Waals surface area (Å²) in [7, 11) is 2.23. The lowest BCUT2D eigenvalue weighted by Crippen LogP contribution is -2.44. The van der Waals surface area contributed by atoms with Crippen molar-refractivity contribution < 1.29 is 0 Å². The maximum atomic E-state index is 4.27. The van der Waals surface area contributed by atoms with E-state index in [9.17, 15) is 0 Å². The molecule has 0 aromatic rings. The smallest absolute Gasteiger partial charge is 0.142 e. The molecule has 0 aromatic heterocycles. The highest BCUT2D eigenvalue weighted by Crippen LogP contribution is 2.36. The van der Waals surface area contributed by atoms with Crippen LogP contribution in [0.2, 0.25) is 6.82 Å². The molecule has 1 radical (unpaired) electrons. The molecule has 2 heteroatoms.